The zero-order valence-corrected chi connectivity index (χ0v) is 9.47. The van der Waals surface area contributed by atoms with Crippen molar-refractivity contribution < 1.29 is 9.84 Å². The Balaban J connectivity index is 2.51. The van der Waals surface area contributed by atoms with Gasteiger partial charge in [-0.2, -0.15) is 0 Å². The van der Waals surface area contributed by atoms with Crippen LogP contribution in [0.4, 0.5) is 0 Å². The van der Waals surface area contributed by atoms with Gasteiger partial charge in [-0.25, -0.2) is 0 Å². The van der Waals surface area contributed by atoms with Crippen molar-refractivity contribution in [3.63, 3.8) is 0 Å². The van der Waals surface area contributed by atoms with E-state index in [1.807, 2.05) is 18.4 Å². The second-order valence-corrected chi connectivity index (χ2v) is 4.44. The predicted molar refractivity (Wildman–Crippen MR) is 62.7 cm³/mol. The molecular formula is C12H12O2S. The molecule has 1 heterocycles. The number of phenolic OH excluding ortho intramolecular Hbond substituents is 1. The molecule has 78 valence electrons. The molecule has 0 spiro atoms. The molecule has 1 N–H and O–H groups in total. The standard InChI is InChI=1S/C12H12O2S/c1-8-5-9(7-15-8)11-6-10(14-2)3-4-12(11)13/h3-7,13H,1-2H3. The lowest BCUT2D eigenvalue weighted by Gasteiger charge is -2.05. The first-order valence-corrected chi connectivity index (χ1v) is 5.51. The Morgan fingerprint density at radius 2 is 2.07 bits per heavy atom. The van der Waals surface area contributed by atoms with Crippen molar-refractivity contribution in [2.24, 2.45) is 0 Å². The van der Waals surface area contributed by atoms with E-state index in [-0.39, 0.29) is 5.75 Å². The van der Waals surface area contributed by atoms with Crippen LogP contribution in [-0.2, 0) is 0 Å². The molecule has 0 aliphatic heterocycles. The van der Waals surface area contributed by atoms with Crippen molar-refractivity contribution >= 4 is 11.3 Å². The summed E-state index contributed by atoms with van der Waals surface area (Å²) in [5.74, 6) is 1.04. The maximum Gasteiger partial charge on any atom is 0.123 e. The predicted octanol–water partition coefficient (Wildman–Crippen LogP) is 3.44. The van der Waals surface area contributed by atoms with Gasteiger partial charge >= 0.3 is 0 Å². The number of hydrogen-bond acceptors (Lipinski definition) is 3. The van der Waals surface area contributed by atoms with Crippen LogP contribution < -0.4 is 4.74 Å². The van der Waals surface area contributed by atoms with Gasteiger partial charge in [0, 0.05) is 10.4 Å². The lowest BCUT2D eigenvalue weighted by atomic mass is 10.1. The van der Waals surface area contributed by atoms with Crippen molar-refractivity contribution in [1.29, 1.82) is 0 Å². The Morgan fingerprint density at radius 3 is 2.67 bits per heavy atom. The molecule has 0 radical (unpaired) electrons. The molecule has 2 rings (SSSR count). The van der Waals surface area contributed by atoms with Crippen molar-refractivity contribution in [1.82, 2.24) is 0 Å². The second-order valence-electron chi connectivity index (χ2n) is 3.33. The Labute approximate surface area is 92.8 Å². The van der Waals surface area contributed by atoms with E-state index in [0.717, 1.165) is 16.9 Å². The van der Waals surface area contributed by atoms with Gasteiger partial charge in [0.25, 0.3) is 0 Å². The minimum absolute atomic E-state index is 0.286. The lowest BCUT2D eigenvalue weighted by Crippen LogP contribution is -1.83. The Morgan fingerprint density at radius 1 is 1.27 bits per heavy atom. The van der Waals surface area contributed by atoms with E-state index in [0.29, 0.717) is 0 Å². The molecule has 2 aromatic rings. The molecule has 1 aromatic carbocycles. The topological polar surface area (TPSA) is 29.5 Å². The first-order chi connectivity index (χ1) is 7.20. The molecule has 0 amide bonds. The smallest absolute Gasteiger partial charge is 0.123 e. The molecule has 0 unspecified atom stereocenters. The van der Waals surface area contributed by atoms with Gasteiger partial charge < -0.3 is 9.84 Å². The van der Waals surface area contributed by atoms with E-state index in [4.69, 9.17) is 4.74 Å². The van der Waals surface area contributed by atoms with Crippen LogP contribution in [0.3, 0.4) is 0 Å². The number of methoxy groups -OCH3 is 1. The van der Waals surface area contributed by atoms with E-state index in [1.54, 1.807) is 30.6 Å². The number of hydrogen-bond donors (Lipinski definition) is 1. The van der Waals surface area contributed by atoms with Gasteiger partial charge in [0.15, 0.2) is 0 Å². The number of aryl methyl sites for hydroxylation is 1. The minimum Gasteiger partial charge on any atom is -0.507 e. The van der Waals surface area contributed by atoms with Crippen LogP contribution in [0.2, 0.25) is 0 Å². The summed E-state index contributed by atoms with van der Waals surface area (Å²) in [6.07, 6.45) is 0. The Kier molecular flexibility index (Phi) is 2.64. The summed E-state index contributed by atoms with van der Waals surface area (Å²) in [4.78, 5) is 1.23. The number of ether oxygens (including phenoxy) is 1. The molecular weight excluding hydrogens is 208 g/mol. The van der Waals surface area contributed by atoms with Gasteiger partial charge in [-0.1, -0.05) is 0 Å². The third kappa shape index (κ3) is 1.97. The Hall–Kier alpha value is -1.48. The van der Waals surface area contributed by atoms with Gasteiger partial charge in [0.2, 0.25) is 0 Å². The highest BCUT2D eigenvalue weighted by Gasteiger charge is 2.07. The van der Waals surface area contributed by atoms with E-state index in [1.165, 1.54) is 4.88 Å². The van der Waals surface area contributed by atoms with Crippen molar-refractivity contribution in [3.05, 3.63) is 34.5 Å². The SMILES string of the molecule is COc1ccc(O)c(-c2csc(C)c2)c1. The normalized spacial score (nSPS) is 10.3. The summed E-state index contributed by atoms with van der Waals surface area (Å²) in [6, 6.07) is 7.30. The van der Waals surface area contributed by atoms with E-state index >= 15 is 0 Å². The van der Waals surface area contributed by atoms with Crippen LogP contribution in [0.1, 0.15) is 4.88 Å². The van der Waals surface area contributed by atoms with Crippen molar-refractivity contribution in [3.8, 4) is 22.6 Å². The molecule has 0 atom stereocenters. The fourth-order valence-corrected chi connectivity index (χ4v) is 2.16. The number of aromatic hydroxyl groups is 1. The molecule has 0 aliphatic carbocycles. The highest BCUT2D eigenvalue weighted by molar-refractivity contribution is 7.10. The third-order valence-electron chi connectivity index (χ3n) is 2.25. The maximum absolute atomic E-state index is 9.74. The van der Waals surface area contributed by atoms with E-state index in [9.17, 15) is 5.11 Å². The Bertz CT molecular complexity index is 474. The fourth-order valence-electron chi connectivity index (χ4n) is 1.46. The lowest BCUT2D eigenvalue weighted by molar-refractivity contribution is 0.412. The average Bonchev–Trinajstić information content (AvgIpc) is 2.65. The van der Waals surface area contributed by atoms with Gasteiger partial charge in [-0.3, -0.25) is 0 Å². The molecule has 2 nitrogen and oxygen atoms in total. The number of benzene rings is 1. The molecule has 0 bridgehead atoms. The van der Waals surface area contributed by atoms with Crippen LogP contribution in [-0.4, -0.2) is 12.2 Å². The van der Waals surface area contributed by atoms with Gasteiger partial charge in [-0.05, 0) is 42.1 Å². The monoisotopic (exact) mass is 220 g/mol. The average molecular weight is 220 g/mol. The summed E-state index contributed by atoms with van der Waals surface area (Å²) in [6.45, 7) is 2.05. The zero-order chi connectivity index (χ0) is 10.8. The molecule has 0 fully saturated rings. The number of rotatable bonds is 2. The van der Waals surface area contributed by atoms with Gasteiger partial charge in [-0.15, -0.1) is 11.3 Å². The summed E-state index contributed by atoms with van der Waals surface area (Å²) < 4.78 is 5.13. The second kappa shape index (κ2) is 3.95. The number of phenols is 1. The van der Waals surface area contributed by atoms with Crippen LogP contribution in [0.5, 0.6) is 11.5 Å². The highest BCUT2D eigenvalue weighted by atomic mass is 32.1. The summed E-state index contributed by atoms with van der Waals surface area (Å²) >= 11 is 1.67. The van der Waals surface area contributed by atoms with E-state index in [2.05, 4.69) is 6.07 Å². The number of thiophene rings is 1. The molecule has 0 saturated carbocycles. The maximum atomic E-state index is 9.74. The highest BCUT2D eigenvalue weighted by Crippen LogP contribution is 2.34. The largest absolute Gasteiger partial charge is 0.507 e. The summed E-state index contributed by atoms with van der Waals surface area (Å²) in [5.41, 5.74) is 1.85. The molecule has 0 saturated heterocycles. The van der Waals surface area contributed by atoms with E-state index < -0.39 is 0 Å². The van der Waals surface area contributed by atoms with Crippen LogP contribution in [0.15, 0.2) is 29.6 Å². The van der Waals surface area contributed by atoms with Crippen molar-refractivity contribution in [2.75, 3.05) is 7.11 Å². The van der Waals surface area contributed by atoms with Crippen LogP contribution in [0, 0.1) is 6.92 Å². The zero-order valence-electron chi connectivity index (χ0n) is 8.65. The van der Waals surface area contributed by atoms with Crippen LogP contribution >= 0.6 is 11.3 Å². The molecule has 0 aliphatic rings. The first kappa shape index (κ1) is 10.1. The fraction of sp³-hybridized carbons (Fsp3) is 0.167. The molecule has 3 heteroatoms. The quantitative estimate of drug-likeness (QED) is 0.840. The van der Waals surface area contributed by atoms with Gasteiger partial charge in [0.1, 0.15) is 11.5 Å². The molecule has 1 aromatic heterocycles. The van der Waals surface area contributed by atoms with Gasteiger partial charge in [0.05, 0.1) is 7.11 Å². The van der Waals surface area contributed by atoms with Crippen molar-refractivity contribution in [2.45, 2.75) is 6.92 Å². The summed E-state index contributed by atoms with van der Waals surface area (Å²) in [7, 11) is 1.62. The summed E-state index contributed by atoms with van der Waals surface area (Å²) in [5, 5.41) is 11.8. The minimum atomic E-state index is 0.286. The molecule has 15 heavy (non-hydrogen) atoms. The first-order valence-electron chi connectivity index (χ1n) is 4.63. The van der Waals surface area contributed by atoms with Crippen LogP contribution in [0.25, 0.3) is 11.1 Å². The third-order valence-corrected chi connectivity index (χ3v) is 3.11.